The Morgan fingerprint density at radius 2 is 2.62 bits per heavy atom. The van der Waals surface area contributed by atoms with Gasteiger partial charge in [-0.15, -0.1) is 11.3 Å². The largest absolute Gasteiger partial charge is 0.479 e. The molecule has 5 nitrogen and oxygen atoms in total. The second-order valence-corrected chi connectivity index (χ2v) is 4.73. The zero-order chi connectivity index (χ0) is 11.5. The van der Waals surface area contributed by atoms with E-state index in [4.69, 9.17) is 9.84 Å². The zero-order valence-corrected chi connectivity index (χ0v) is 9.87. The van der Waals surface area contributed by atoms with Crippen molar-refractivity contribution < 1.29 is 14.6 Å². The monoisotopic (exact) mass is 242 g/mol. The molecule has 1 aliphatic heterocycles. The van der Waals surface area contributed by atoms with Gasteiger partial charge in [0.05, 0.1) is 17.8 Å². The molecule has 1 N–H and O–H groups in total. The van der Waals surface area contributed by atoms with Gasteiger partial charge in [0.15, 0.2) is 6.10 Å². The molecular weight excluding hydrogens is 228 g/mol. The van der Waals surface area contributed by atoms with E-state index in [1.54, 1.807) is 11.3 Å². The highest BCUT2D eigenvalue weighted by Crippen LogP contribution is 2.17. The quantitative estimate of drug-likeness (QED) is 0.847. The van der Waals surface area contributed by atoms with Gasteiger partial charge in [0.2, 0.25) is 0 Å². The minimum absolute atomic E-state index is 0.451. The summed E-state index contributed by atoms with van der Waals surface area (Å²) in [6.07, 6.45) is -0.693. The fraction of sp³-hybridized carbons (Fsp3) is 0.600. The predicted molar refractivity (Wildman–Crippen MR) is 59.5 cm³/mol. The fourth-order valence-corrected chi connectivity index (χ4v) is 2.50. The molecule has 0 spiro atoms. The number of aryl methyl sites for hydroxylation is 1. The van der Waals surface area contributed by atoms with Crippen LogP contribution in [-0.4, -0.2) is 46.8 Å². The van der Waals surface area contributed by atoms with Crippen LogP contribution < -0.4 is 0 Å². The molecule has 1 fully saturated rings. The molecule has 0 aromatic carbocycles. The molecule has 1 aromatic rings. The average molecular weight is 242 g/mol. The summed E-state index contributed by atoms with van der Waals surface area (Å²) in [5.41, 5.74) is 2.85. The Bertz CT molecular complexity index is 380. The van der Waals surface area contributed by atoms with Gasteiger partial charge in [-0.25, -0.2) is 9.78 Å². The highest BCUT2D eigenvalue weighted by atomic mass is 32.1. The molecule has 0 radical (unpaired) electrons. The first kappa shape index (κ1) is 11.5. The topological polar surface area (TPSA) is 62.7 Å². The van der Waals surface area contributed by atoms with Crippen LogP contribution in [0.3, 0.4) is 0 Å². The number of aliphatic carboxylic acids is 1. The number of ether oxygens (including phenoxy) is 1. The Labute approximate surface area is 97.7 Å². The number of carbonyl (C=O) groups is 1. The van der Waals surface area contributed by atoms with Gasteiger partial charge in [-0.2, -0.15) is 0 Å². The minimum atomic E-state index is -0.884. The Morgan fingerprint density at radius 3 is 3.25 bits per heavy atom. The molecule has 0 amide bonds. The molecule has 1 unspecified atom stereocenters. The second kappa shape index (κ2) is 4.90. The number of rotatable bonds is 3. The maximum atomic E-state index is 10.8. The first-order valence-corrected chi connectivity index (χ1v) is 6.00. The zero-order valence-electron chi connectivity index (χ0n) is 9.05. The van der Waals surface area contributed by atoms with E-state index >= 15 is 0 Å². The average Bonchev–Trinajstić information content (AvgIpc) is 2.65. The standard InChI is InChI=1S/C10H14N2O3S/c1-7-9(16-6-11-7)5-12-2-3-15-8(4-12)10(13)14/h6,8H,2-5H2,1H3,(H,13,14). The minimum Gasteiger partial charge on any atom is -0.479 e. The van der Waals surface area contributed by atoms with Gasteiger partial charge in [0, 0.05) is 24.5 Å². The van der Waals surface area contributed by atoms with E-state index in [9.17, 15) is 4.79 Å². The molecule has 1 aromatic heterocycles. The molecule has 88 valence electrons. The maximum Gasteiger partial charge on any atom is 0.334 e. The second-order valence-electron chi connectivity index (χ2n) is 3.79. The van der Waals surface area contributed by atoms with Crippen LogP contribution in [0, 0.1) is 6.92 Å². The van der Waals surface area contributed by atoms with Crippen molar-refractivity contribution in [2.45, 2.75) is 19.6 Å². The lowest BCUT2D eigenvalue weighted by Crippen LogP contribution is -2.45. The smallest absolute Gasteiger partial charge is 0.334 e. The number of morpholine rings is 1. The van der Waals surface area contributed by atoms with E-state index in [0.29, 0.717) is 13.2 Å². The molecule has 6 heteroatoms. The molecule has 0 saturated carbocycles. The molecule has 2 rings (SSSR count). The summed E-state index contributed by atoms with van der Waals surface area (Å²) in [7, 11) is 0. The van der Waals surface area contributed by atoms with E-state index in [2.05, 4.69) is 9.88 Å². The number of hydrogen-bond donors (Lipinski definition) is 1. The van der Waals surface area contributed by atoms with Crippen molar-refractivity contribution in [3.05, 3.63) is 16.1 Å². The van der Waals surface area contributed by atoms with Crippen LogP contribution in [0.1, 0.15) is 10.6 Å². The van der Waals surface area contributed by atoms with Gasteiger partial charge in [-0.1, -0.05) is 0 Å². The lowest BCUT2D eigenvalue weighted by molar-refractivity contribution is -0.156. The SMILES string of the molecule is Cc1ncsc1CN1CCOC(C(=O)O)C1. The Morgan fingerprint density at radius 1 is 1.81 bits per heavy atom. The Kier molecular flexibility index (Phi) is 3.52. The van der Waals surface area contributed by atoms with Crippen molar-refractivity contribution in [3.63, 3.8) is 0 Å². The summed E-state index contributed by atoms with van der Waals surface area (Å²) >= 11 is 1.61. The summed E-state index contributed by atoms with van der Waals surface area (Å²) in [6, 6.07) is 0. The van der Waals surface area contributed by atoms with Gasteiger partial charge in [-0.3, -0.25) is 4.90 Å². The number of carboxylic acid groups (broad SMARTS) is 1. The third-order valence-electron chi connectivity index (χ3n) is 2.64. The highest BCUT2D eigenvalue weighted by Gasteiger charge is 2.26. The molecular formula is C10H14N2O3S. The van der Waals surface area contributed by atoms with E-state index < -0.39 is 12.1 Å². The summed E-state index contributed by atoms with van der Waals surface area (Å²) < 4.78 is 5.17. The highest BCUT2D eigenvalue weighted by molar-refractivity contribution is 7.09. The third-order valence-corrected chi connectivity index (χ3v) is 3.56. The lowest BCUT2D eigenvalue weighted by Gasteiger charge is -2.30. The Hall–Kier alpha value is -0.980. The van der Waals surface area contributed by atoms with E-state index in [-0.39, 0.29) is 0 Å². The Balaban J connectivity index is 1.95. The lowest BCUT2D eigenvalue weighted by atomic mass is 10.2. The van der Waals surface area contributed by atoms with Crippen molar-refractivity contribution in [2.75, 3.05) is 19.7 Å². The van der Waals surface area contributed by atoms with Crippen molar-refractivity contribution >= 4 is 17.3 Å². The number of aromatic nitrogens is 1. The molecule has 2 heterocycles. The van der Waals surface area contributed by atoms with Crippen LogP contribution in [0.25, 0.3) is 0 Å². The first-order chi connectivity index (χ1) is 7.66. The maximum absolute atomic E-state index is 10.8. The summed E-state index contributed by atoms with van der Waals surface area (Å²) in [6.45, 7) is 4.45. The fourth-order valence-electron chi connectivity index (χ4n) is 1.68. The van der Waals surface area contributed by atoms with E-state index in [1.807, 2.05) is 12.4 Å². The van der Waals surface area contributed by atoms with Crippen LogP contribution >= 0.6 is 11.3 Å². The molecule has 1 atom stereocenters. The van der Waals surface area contributed by atoms with Gasteiger partial charge >= 0.3 is 5.97 Å². The number of nitrogens with zero attached hydrogens (tertiary/aromatic N) is 2. The predicted octanol–water partition coefficient (Wildman–Crippen LogP) is 0.737. The summed E-state index contributed by atoms with van der Waals surface area (Å²) in [4.78, 5) is 18.3. The number of carboxylic acids is 1. The van der Waals surface area contributed by atoms with Crippen LogP contribution in [0.5, 0.6) is 0 Å². The van der Waals surface area contributed by atoms with Crippen LogP contribution in [-0.2, 0) is 16.1 Å². The summed E-state index contributed by atoms with van der Waals surface area (Å²) in [5, 5.41) is 8.88. The first-order valence-electron chi connectivity index (χ1n) is 5.12. The van der Waals surface area contributed by atoms with Gasteiger partial charge in [0.1, 0.15) is 0 Å². The third kappa shape index (κ3) is 2.58. The van der Waals surface area contributed by atoms with Crippen LogP contribution in [0.15, 0.2) is 5.51 Å². The van der Waals surface area contributed by atoms with Crippen molar-refractivity contribution in [2.24, 2.45) is 0 Å². The molecule has 16 heavy (non-hydrogen) atoms. The van der Waals surface area contributed by atoms with Crippen molar-refractivity contribution in [3.8, 4) is 0 Å². The van der Waals surface area contributed by atoms with Gasteiger partial charge in [-0.05, 0) is 6.92 Å². The van der Waals surface area contributed by atoms with E-state index in [1.165, 1.54) is 4.88 Å². The van der Waals surface area contributed by atoms with Crippen LogP contribution in [0.4, 0.5) is 0 Å². The normalized spacial score (nSPS) is 22.2. The van der Waals surface area contributed by atoms with E-state index in [0.717, 1.165) is 18.8 Å². The summed E-state index contributed by atoms with van der Waals surface area (Å²) in [5.74, 6) is -0.884. The molecule has 0 aliphatic carbocycles. The van der Waals surface area contributed by atoms with Crippen molar-refractivity contribution in [1.82, 2.24) is 9.88 Å². The number of thiazole rings is 1. The van der Waals surface area contributed by atoms with Gasteiger partial charge in [0.25, 0.3) is 0 Å². The van der Waals surface area contributed by atoms with Crippen LogP contribution in [0.2, 0.25) is 0 Å². The molecule has 1 saturated heterocycles. The number of hydrogen-bond acceptors (Lipinski definition) is 5. The van der Waals surface area contributed by atoms with Crippen molar-refractivity contribution in [1.29, 1.82) is 0 Å². The molecule has 1 aliphatic rings. The molecule has 0 bridgehead atoms. The van der Waals surface area contributed by atoms with Gasteiger partial charge < -0.3 is 9.84 Å².